The van der Waals surface area contributed by atoms with Gasteiger partial charge < -0.3 is 19.9 Å². The summed E-state index contributed by atoms with van der Waals surface area (Å²) < 4.78 is 7.96. The quantitative estimate of drug-likeness (QED) is 0.419. The van der Waals surface area contributed by atoms with E-state index in [4.69, 9.17) is 4.74 Å². The molecule has 0 spiro atoms. The van der Waals surface area contributed by atoms with Gasteiger partial charge in [0.25, 0.3) is 0 Å². The number of nitrogens with one attached hydrogen (secondary N) is 2. The lowest BCUT2D eigenvalue weighted by atomic mass is 10.1. The van der Waals surface area contributed by atoms with Crippen molar-refractivity contribution < 1.29 is 4.74 Å². The molecule has 0 saturated carbocycles. The standard InChI is InChI=1S/C24H31N5O/c1-4-13-30-23-14-19(2)5-10-22(23)16-28-24(25-3)27-15-20-6-8-21(9-7-20)17-29-12-11-26-18-29/h5-12,14,18H,4,13,15-17H2,1-3H3,(H2,25,27,28). The lowest BCUT2D eigenvalue weighted by molar-refractivity contribution is 0.313. The first-order valence-electron chi connectivity index (χ1n) is 10.4. The molecular formula is C24H31N5O. The number of aryl methyl sites for hydroxylation is 1. The van der Waals surface area contributed by atoms with Crippen molar-refractivity contribution in [3.8, 4) is 5.75 Å². The van der Waals surface area contributed by atoms with Crippen molar-refractivity contribution >= 4 is 5.96 Å². The number of benzene rings is 2. The molecule has 6 nitrogen and oxygen atoms in total. The van der Waals surface area contributed by atoms with Crippen molar-refractivity contribution in [2.45, 2.75) is 39.9 Å². The third-order valence-corrected chi connectivity index (χ3v) is 4.76. The highest BCUT2D eigenvalue weighted by atomic mass is 16.5. The maximum atomic E-state index is 5.91. The van der Waals surface area contributed by atoms with E-state index >= 15 is 0 Å². The Morgan fingerprint density at radius 1 is 1.07 bits per heavy atom. The van der Waals surface area contributed by atoms with Crippen LogP contribution in [0, 0.1) is 6.92 Å². The molecule has 1 aromatic heterocycles. The first kappa shape index (κ1) is 21.4. The first-order chi connectivity index (χ1) is 14.7. The predicted molar refractivity (Wildman–Crippen MR) is 122 cm³/mol. The van der Waals surface area contributed by atoms with Crippen molar-refractivity contribution in [3.05, 3.63) is 83.4 Å². The average Bonchev–Trinajstić information content (AvgIpc) is 3.27. The van der Waals surface area contributed by atoms with Crippen molar-refractivity contribution in [2.24, 2.45) is 4.99 Å². The third-order valence-electron chi connectivity index (χ3n) is 4.76. The summed E-state index contributed by atoms with van der Waals surface area (Å²) in [4.78, 5) is 8.42. The number of hydrogen-bond donors (Lipinski definition) is 2. The fraction of sp³-hybridized carbons (Fsp3) is 0.333. The van der Waals surface area contributed by atoms with Crippen LogP contribution < -0.4 is 15.4 Å². The van der Waals surface area contributed by atoms with Crippen LogP contribution in [0.2, 0.25) is 0 Å². The van der Waals surface area contributed by atoms with Crippen LogP contribution in [0.25, 0.3) is 0 Å². The predicted octanol–water partition coefficient (Wildman–Crippen LogP) is 3.89. The van der Waals surface area contributed by atoms with Gasteiger partial charge in [-0.2, -0.15) is 0 Å². The molecule has 0 saturated heterocycles. The highest BCUT2D eigenvalue weighted by molar-refractivity contribution is 5.79. The summed E-state index contributed by atoms with van der Waals surface area (Å²) in [5, 5.41) is 6.76. The van der Waals surface area contributed by atoms with Gasteiger partial charge in [0.05, 0.1) is 12.9 Å². The van der Waals surface area contributed by atoms with Crippen LogP contribution in [0.15, 0.2) is 66.2 Å². The van der Waals surface area contributed by atoms with E-state index in [1.807, 2.05) is 12.5 Å². The summed E-state index contributed by atoms with van der Waals surface area (Å²) in [6.45, 7) is 7.11. The molecule has 1 heterocycles. The van der Waals surface area contributed by atoms with Crippen molar-refractivity contribution in [3.63, 3.8) is 0 Å². The summed E-state index contributed by atoms with van der Waals surface area (Å²) in [7, 11) is 1.78. The van der Waals surface area contributed by atoms with Crippen molar-refractivity contribution in [2.75, 3.05) is 13.7 Å². The SMILES string of the molecule is CCCOc1cc(C)ccc1CNC(=NC)NCc1ccc(Cn2ccnc2)cc1. The molecule has 3 aromatic rings. The van der Waals surface area contributed by atoms with Gasteiger partial charge in [-0.3, -0.25) is 4.99 Å². The Morgan fingerprint density at radius 2 is 1.83 bits per heavy atom. The van der Waals surface area contributed by atoms with Gasteiger partial charge in [-0.15, -0.1) is 0 Å². The van der Waals surface area contributed by atoms with Gasteiger partial charge in [0.1, 0.15) is 5.75 Å². The Labute approximate surface area is 179 Å². The smallest absolute Gasteiger partial charge is 0.191 e. The topological polar surface area (TPSA) is 63.5 Å². The molecule has 0 atom stereocenters. The molecule has 0 aliphatic heterocycles. The second kappa shape index (κ2) is 11.0. The van der Waals surface area contributed by atoms with Crippen molar-refractivity contribution in [1.29, 1.82) is 0 Å². The van der Waals surface area contributed by atoms with Crippen LogP contribution in [-0.2, 0) is 19.6 Å². The maximum absolute atomic E-state index is 5.91. The number of nitrogens with zero attached hydrogens (tertiary/aromatic N) is 3. The second-order valence-corrected chi connectivity index (χ2v) is 7.29. The molecule has 158 valence electrons. The van der Waals surface area contributed by atoms with Crippen LogP contribution in [0.3, 0.4) is 0 Å². The zero-order valence-electron chi connectivity index (χ0n) is 18.1. The highest BCUT2D eigenvalue weighted by Crippen LogP contribution is 2.20. The molecular weight excluding hydrogens is 374 g/mol. The monoisotopic (exact) mass is 405 g/mol. The number of aromatic nitrogens is 2. The molecule has 2 N–H and O–H groups in total. The van der Waals surface area contributed by atoms with Crippen LogP contribution in [0.4, 0.5) is 0 Å². The normalized spacial score (nSPS) is 11.4. The summed E-state index contributed by atoms with van der Waals surface area (Å²) >= 11 is 0. The molecule has 0 bridgehead atoms. The fourth-order valence-electron chi connectivity index (χ4n) is 3.09. The Hall–Kier alpha value is -3.28. The summed E-state index contributed by atoms with van der Waals surface area (Å²) in [6, 6.07) is 14.9. The van der Waals surface area contributed by atoms with E-state index in [0.717, 1.165) is 36.8 Å². The summed E-state index contributed by atoms with van der Waals surface area (Å²) in [5.74, 6) is 1.70. The fourth-order valence-corrected chi connectivity index (χ4v) is 3.09. The summed E-state index contributed by atoms with van der Waals surface area (Å²) in [5.41, 5.74) is 4.78. The number of rotatable bonds is 9. The zero-order valence-corrected chi connectivity index (χ0v) is 18.1. The van der Waals surface area contributed by atoms with Gasteiger partial charge in [-0.25, -0.2) is 4.98 Å². The Morgan fingerprint density at radius 3 is 2.53 bits per heavy atom. The molecule has 0 unspecified atom stereocenters. The molecule has 0 radical (unpaired) electrons. The molecule has 0 fully saturated rings. The molecule has 30 heavy (non-hydrogen) atoms. The van der Waals surface area contributed by atoms with E-state index in [2.05, 4.69) is 81.5 Å². The molecule has 0 aliphatic carbocycles. The minimum atomic E-state index is 0.656. The molecule has 2 aromatic carbocycles. The second-order valence-electron chi connectivity index (χ2n) is 7.29. The molecule has 0 aliphatic rings. The van der Waals surface area contributed by atoms with Gasteiger partial charge in [-0.1, -0.05) is 43.3 Å². The van der Waals surface area contributed by atoms with E-state index < -0.39 is 0 Å². The van der Waals surface area contributed by atoms with Crippen LogP contribution in [0.1, 0.15) is 35.6 Å². The highest BCUT2D eigenvalue weighted by Gasteiger charge is 2.06. The van der Waals surface area contributed by atoms with E-state index in [0.29, 0.717) is 13.1 Å². The lowest BCUT2D eigenvalue weighted by Gasteiger charge is -2.15. The minimum absolute atomic E-state index is 0.656. The van der Waals surface area contributed by atoms with E-state index in [-0.39, 0.29) is 0 Å². The third kappa shape index (κ3) is 6.37. The van der Waals surface area contributed by atoms with Gasteiger partial charge >= 0.3 is 0 Å². The number of guanidine groups is 1. The summed E-state index contributed by atoms with van der Waals surface area (Å²) in [6.07, 6.45) is 6.59. The molecule has 6 heteroatoms. The first-order valence-corrected chi connectivity index (χ1v) is 10.4. The van der Waals surface area contributed by atoms with Gasteiger partial charge in [-0.05, 0) is 36.1 Å². The van der Waals surface area contributed by atoms with Crippen LogP contribution in [-0.4, -0.2) is 29.2 Å². The average molecular weight is 406 g/mol. The van der Waals surface area contributed by atoms with E-state index in [1.54, 1.807) is 13.2 Å². The number of imidazole rings is 1. The van der Waals surface area contributed by atoms with Crippen LogP contribution >= 0.6 is 0 Å². The number of aliphatic imine (C=N–C) groups is 1. The number of hydrogen-bond acceptors (Lipinski definition) is 3. The largest absolute Gasteiger partial charge is 0.493 e. The van der Waals surface area contributed by atoms with Crippen molar-refractivity contribution in [1.82, 2.24) is 20.2 Å². The molecule has 0 amide bonds. The Bertz CT molecular complexity index is 933. The maximum Gasteiger partial charge on any atom is 0.191 e. The van der Waals surface area contributed by atoms with E-state index in [1.165, 1.54) is 16.7 Å². The van der Waals surface area contributed by atoms with E-state index in [9.17, 15) is 0 Å². The minimum Gasteiger partial charge on any atom is -0.493 e. The van der Waals surface area contributed by atoms with Gasteiger partial charge in [0.2, 0.25) is 0 Å². The zero-order chi connectivity index (χ0) is 21.2. The van der Waals surface area contributed by atoms with Gasteiger partial charge in [0.15, 0.2) is 5.96 Å². The molecule has 3 rings (SSSR count). The van der Waals surface area contributed by atoms with Gasteiger partial charge in [0, 0.05) is 44.6 Å². The Balaban J connectivity index is 1.51. The lowest BCUT2D eigenvalue weighted by Crippen LogP contribution is -2.36. The Kier molecular flexibility index (Phi) is 7.89. The van der Waals surface area contributed by atoms with Crippen LogP contribution in [0.5, 0.6) is 5.75 Å². The number of ether oxygens (including phenoxy) is 1.